The van der Waals surface area contributed by atoms with Gasteiger partial charge in [0.25, 0.3) is 5.69 Å². The van der Waals surface area contributed by atoms with Crippen LogP contribution in [0.15, 0.2) is 30.3 Å². The fraction of sp³-hybridized carbons (Fsp3) is 0.542. The number of nitro groups is 1. The maximum Gasteiger partial charge on any atom is 0.270 e. The molecule has 4 rings (SSSR count). The van der Waals surface area contributed by atoms with Crippen molar-refractivity contribution in [2.75, 3.05) is 50.7 Å². The molecule has 2 atom stereocenters. The van der Waals surface area contributed by atoms with Crippen molar-refractivity contribution in [1.29, 1.82) is 0 Å². The molecule has 0 radical (unpaired) electrons. The van der Waals surface area contributed by atoms with Gasteiger partial charge in [0.2, 0.25) is 5.91 Å². The summed E-state index contributed by atoms with van der Waals surface area (Å²) < 4.78 is 0. The second kappa shape index (κ2) is 9.82. The number of piperazine rings is 1. The van der Waals surface area contributed by atoms with Gasteiger partial charge in [-0.2, -0.15) is 0 Å². The number of amides is 1. The van der Waals surface area contributed by atoms with E-state index in [0.29, 0.717) is 29.8 Å². The lowest BCUT2D eigenvalue weighted by molar-refractivity contribution is -0.384. The van der Waals surface area contributed by atoms with E-state index in [-0.39, 0.29) is 11.6 Å². The Morgan fingerprint density at radius 2 is 1.79 bits per heavy atom. The first-order valence-corrected chi connectivity index (χ1v) is 11.6. The molecule has 1 aromatic heterocycles. The molecular formula is C24H32N6O3. The Labute approximate surface area is 194 Å². The van der Waals surface area contributed by atoms with Gasteiger partial charge in [-0.3, -0.25) is 19.8 Å². The molecule has 2 fully saturated rings. The van der Waals surface area contributed by atoms with Gasteiger partial charge in [-0.25, -0.2) is 9.97 Å². The Bertz CT molecular complexity index is 1010. The molecule has 0 N–H and O–H groups in total. The van der Waals surface area contributed by atoms with Crippen molar-refractivity contribution in [3.8, 4) is 11.4 Å². The number of rotatable bonds is 5. The van der Waals surface area contributed by atoms with E-state index in [0.717, 1.165) is 50.8 Å². The number of likely N-dealkylation sites (tertiary alicyclic amines) is 1. The van der Waals surface area contributed by atoms with Crippen molar-refractivity contribution >= 4 is 17.4 Å². The highest BCUT2D eigenvalue weighted by atomic mass is 16.6. The number of hydrogen-bond acceptors (Lipinski definition) is 7. The Balaban J connectivity index is 1.39. The van der Waals surface area contributed by atoms with Gasteiger partial charge in [0.05, 0.1) is 11.5 Å². The van der Waals surface area contributed by atoms with Gasteiger partial charge in [0, 0.05) is 68.7 Å². The van der Waals surface area contributed by atoms with Gasteiger partial charge in [-0.05, 0) is 25.2 Å². The molecule has 3 heterocycles. The highest BCUT2D eigenvalue weighted by Gasteiger charge is 2.28. The lowest BCUT2D eigenvalue weighted by atomic mass is 9.92. The predicted octanol–water partition coefficient (Wildman–Crippen LogP) is 2.99. The van der Waals surface area contributed by atoms with E-state index in [1.807, 2.05) is 17.9 Å². The molecule has 9 heteroatoms. The maximum absolute atomic E-state index is 12.8. The van der Waals surface area contributed by atoms with E-state index in [2.05, 4.69) is 28.6 Å². The standard InChI is InChI=1S/C24H32N6O3/c1-17-11-18(2)15-29(14-17)23(31)16-27-7-9-28(10-8-27)22-12-19(3)25-24(26-22)20-5-4-6-21(13-20)30(32)33/h4-6,12-13,17-18H,7-11,14-16H2,1-3H3. The van der Waals surface area contributed by atoms with E-state index in [4.69, 9.17) is 4.98 Å². The number of piperidine rings is 1. The quantitative estimate of drug-likeness (QED) is 0.508. The number of hydrogen-bond donors (Lipinski definition) is 0. The highest BCUT2D eigenvalue weighted by molar-refractivity contribution is 5.78. The van der Waals surface area contributed by atoms with Gasteiger partial charge in [-0.15, -0.1) is 0 Å². The minimum atomic E-state index is -0.411. The number of nitrogens with zero attached hydrogens (tertiary/aromatic N) is 6. The third-order valence-corrected chi connectivity index (χ3v) is 6.43. The van der Waals surface area contributed by atoms with Gasteiger partial charge < -0.3 is 9.80 Å². The predicted molar refractivity (Wildman–Crippen MR) is 127 cm³/mol. The number of aromatic nitrogens is 2. The summed E-state index contributed by atoms with van der Waals surface area (Å²) in [7, 11) is 0. The molecule has 2 aliphatic heterocycles. The van der Waals surface area contributed by atoms with Crippen LogP contribution >= 0.6 is 0 Å². The van der Waals surface area contributed by atoms with Crippen molar-refractivity contribution in [2.45, 2.75) is 27.2 Å². The van der Waals surface area contributed by atoms with E-state index >= 15 is 0 Å². The second-order valence-corrected chi connectivity index (χ2v) is 9.51. The number of benzene rings is 1. The zero-order valence-electron chi connectivity index (χ0n) is 19.6. The maximum atomic E-state index is 12.8. The first-order chi connectivity index (χ1) is 15.8. The normalized spacial score (nSPS) is 21.8. The third-order valence-electron chi connectivity index (χ3n) is 6.43. The van der Waals surface area contributed by atoms with Crippen molar-refractivity contribution in [3.63, 3.8) is 0 Å². The highest BCUT2D eigenvalue weighted by Crippen LogP contribution is 2.25. The van der Waals surface area contributed by atoms with Crippen molar-refractivity contribution < 1.29 is 9.72 Å². The van der Waals surface area contributed by atoms with Crippen LogP contribution in [0.5, 0.6) is 0 Å². The second-order valence-electron chi connectivity index (χ2n) is 9.51. The fourth-order valence-electron chi connectivity index (χ4n) is 4.89. The first kappa shape index (κ1) is 23.1. The van der Waals surface area contributed by atoms with Crippen molar-refractivity contribution in [1.82, 2.24) is 19.8 Å². The molecule has 33 heavy (non-hydrogen) atoms. The molecule has 0 aliphatic carbocycles. The number of non-ortho nitro benzene ring substituents is 1. The van der Waals surface area contributed by atoms with Crippen LogP contribution in [-0.2, 0) is 4.79 Å². The Hall–Kier alpha value is -3.07. The molecule has 0 bridgehead atoms. The summed E-state index contributed by atoms with van der Waals surface area (Å²) in [6, 6.07) is 8.35. The summed E-state index contributed by atoms with van der Waals surface area (Å²) in [6.45, 7) is 11.7. The lowest BCUT2D eigenvalue weighted by Gasteiger charge is -2.38. The minimum Gasteiger partial charge on any atom is -0.354 e. The number of nitro benzene ring substituents is 1. The zero-order chi connectivity index (χ0) is 23.5. The number of carbonyl (C=O) groups is 1. The number of anilines is 1. The molecule has 1 aromatic carbocycles. The average molecular weight is 453 g/mol. The van der Waals surface area contributed by atoms with Gasteiger partial charge in [-0.1, -0.05) is 26.0 Å². The molecule has 0 saturated carbocycles. The molecule has 1 amide bonds. The van der Waals surface area contributed by atoms with E-state index in [1.54, 1.807) is 12.1 Å². The van der Waals surface area contributed by atoms with E-state index < -0.39 is 4.92 Å². The van der Waals surface area contributed by atoms with Crippen molar-refractivity contribution in [2.24, 2.45) is 11.8 Å². The molecule has 2 aliphatic rings. The van der Waals surface area contributed by atoms with Gasteiger partial charge in [0.1, 0.15) is 5.82 Å². The van der Waals surface area contributed by atoms with Crippen molar-refractivity contribution in [3.05, 3.63) is 46.1 Å². The van der Waals surface area contributed by atoms with Crippen LogP contribution < -0.4 is 4.90 Å². The summed E-state index contributed by atoms with van der Waals surface area (Å²) >= 11 is 0. The van der Waals surface area contributed by atoms with Crippen LogP contribution in [-0.4, -0.2) is 76.4 Å². The molecule has 9 nitrogen and oxygen atoms in total. The van der Waals surface area contributed by atoms with Crippen LogP contribution in [0, 0.1) is 28.9 Å². The summed E-state index contributed by atoms with van der Waals surface area (Å²) in [5.74, 6) is 2.66. The molecular weight excluding hydrogens is 420 g/mol. The lowest BCUT2D eigenvalue weighted by Crippen LogP contribution is -2.52. The Morgan fingerprint density at radius 1 is 1.09 bits per heavy atom. The van der Waals surface area contributed by atoms with Crippen LogP contribution in [0.2, 0.25) is 0 Å². The monoisotopic (exact) mass is 452 g/mol. The summed E-state index contributed by atoms with van der Waals surface area (Å²) in [5, 5.41) is 11.1. The number of carbonyl (C=O) groups excluding carboxylic acids is 1. The van der Waals surface area contributed by atoms with Crippen LogP contribution in [0.1, 0.15) is 26.0 Å². The van der Waals surface area contributed by atoms with Gasteiger partial charge >= 0.3 is 0 Å². The topological polar surface area (TPSA) is 95.7 Å². The Morgan fingerprint density at radius 3 is 2.45 bits per heavy atom. The molecule has 2 saturated heterocycles. The zero-order valence-corrected chi connectivity index (χ0v) is 19.6. The molecule has 2 unspecified atom stereocenters. The third kappa shape index (κ3) is 5.65. The molecule has 2 aromatic rings. The largest absolute Gasteiger partial charge is 0.354 e. The van der Waals surface area contributed by atoms with Crippen LogP contribution in [0.25, 0.3) is 11.4 Å². The minimum absolute atomic E-state index is 0.0231. The van der Waals surface area contributed by atoms with Crippen LogP contribution in [0.4, 0.5) is 11.5 Å². The smallest absolute Gasteiger partial charge is 0.270 e. The Kier molecular flexibility index (Phi) is 6.88. The SMILES string of the molecule is Cc1cc(N2CCN(CC(=O)N3CC(C)CC(C)C3)CC2)nc(-c2cccc([N+](=O)[O-])c2)n1. The fourth-order valence-corrected chi connectivity index (χ4v) is 4.89. The molecule has 0 spiro atoms. The van der Waals surface area contributed by atoms with Gasteiger partial charge in [0.15, 0.2) is 5.82 Å². The van der Waals surface area contributed by atoms with Crippen LogP contribution in [0.3, 0.4) is 0 Å². The summed E-state index contributed by atoms with van der Waals surface area (Å²) in [4.78, 5) is 39.2. The number of aryl methyl sites for hydroxylation is 1. The summed E-state index contributed by atoms with van der Waals surface area (Å²) in [6.07, 6.45) is 1.19. The summed E-state index contributed by atoms with van der Waals surface area (Å²) in [5.41, 5.74) is 1.46. The molecule has 176 valence electrons. The average Bonchev–Trinajstić information content (AvgIpc) is 2.78. The van der Waals surface area contributed by atoms with E-state index in [1.165, 1.54) is 18.6 Å². The van der Waals surface area contributed by atoms with E-state index in [9.17, 15) is 14.9 Å². The first-order valence-electron chi connectivity index (χ1n) is 11.6.